The van der Waals surface area contributed by atoms with Gasteiger partial charge < -0.3 is 10.5 Å². The van der Waals surface area contributed by atoms with Gasteiger partial charge in [-0.2, -0.15) is 13.2 Å². The number of carbonyl (C=O) groups excluding carboxylic acids is 1. The molecule has 0 amide bonds. The van der Waals surface area contributed by atoms with Gasteiger partial charge in [0.25, 0.3) is 0 Å². The van der Waals surface area contributed by atoms with Crippen LogP contribution in [-0.4, -0.2) is 19.1 Å². The monoisotopic (exact) mass is 259 g/mol. The Hall–Kier alpha value is -1.82. The van der Waals surface area contributed by atoms with Gasteiger partial charge >= 0.3 is 12.1 Å². The fraction of sp³-hybridized carbons (Fsp3) is 0.250. The first-order valence-electron chi connectivity index (χ1n) is 5.03. The van der Waals surface area contributed by atoms with Crippen LogP contribution in [0.25, 0.3) is 6.08 Å². The zero-order chi connectivity index (χ0) is 13.8. The van der Waals surface area contributed by atoms with E-state index in [9.17, 15) is 18.0 Å². The number of methoxy groups -OCH3 is 1. The minimum Gasteiger partial charge on any atom is -0.468 e. The first kappa shape index (κ1) is 14.2. The maximum Gasteiger partial charge on any atom is 0.416 e. The maximum absolute atomic E-state index is 12.3. The predicted molar refractivity (Wildman–Crippen MR) is 60.5 cm³/mol. The van der Waals surface area contributed by atoms with Crippen LogP contribution in [0.15, 0.2) is 30.3 Å². The molecule has 1 aromatic rings. The molecular weight excluding hydrogens is 247 g/mol. The van der Waals surface area contributed by atoms with Gasteiger partial charge in [0.15, 0.2) is 0 Å². The molecule has 2 N–H and O–H groups in total. The van der Waals surface area contributed by atoms with Crippen LogP contribution in [0, 0.1) is 0 Å². The van der Waals surface area contributed by atoms with E-state index in [1.165, 1.54) is 31.4 Å². The Morgan fingerprint density at radius 3 is 2.33 bits per heavy atom. The quantitative estimate of drug-likeness (QED) is 0.847. The number of ether oxygens (including phenoxy) is 1. The molecule has 3 nitrogen and oxygen atoms in total. The van der Waals surface area contributed by atoms with Crippen molar-refractivity contribution in [3.63, 3.8) is 0 Å². The normalized spacial score (nSPS) is 13.6. The van der Waals surface area contributed by atoms with Gasteiger partial charge in [-0.3, -0.25) is 4.79 Å². The third kappa shape index (κ3) is 3.89. The summed E-state index contributed by atoms with van der Waals surface area (Å²) < 4.78 is 41.3. The van der Waals surface area contributed by atoms with Crippen molar-refractivity contribution in [2.75, 3.05) is 7.11 Å². The van der Waals surface area contributed by atoms with E-state index in [-0.39, 0.29) is 0 Å². The van der Waals surface area contributed by atoms with Gasteiger partial charge in [0.1, 0.15) is 6.04 Å². The second-order valence-electron chi connectivity index (χ2n) is 3.53. The highest BCUT2D eigenvalue weighted by Gasteiger charge is 2.29. The summed E-state index contributed by atoms with van der Waals surface area (Å²) in [5, 5.41) is 0. The number of nitrogens with two attached hydrogens (primary N) is 1. The summed E-state index contributed by atoms with van der Waals surface area (Å²) in [5.41, 5.74) is 5.22. The Labute approximate surface area is 102 Å². The number of hydrogen-bond donors (Lipinski definition) is 1. The van der Waals surface area contributed by atoms with Crippen LogP contribution < -0.4 is 5.73 Å². The van der Waals surface area contributed by atoms with Crippen molar-refractivity contribution in [3.8, 4) is 0 Å². The molecule has 6 heteroatoms. The lowest BCUT2D eigenvalue weighted by Gasteiger charge is -2.06. The minimum absolute atomic E-state index is 0.516. The average molecular weight is 259 g/mol. The average Bonchev–Trinajstić information content (AvgIpc) is 2.34. The third-order valence-corrected chi connectivity index (χ3v) is 2.21. The lowest BCUT2D eigenvalue weighted by atomic mass is 10.1. The molecule has 1 atom stereocenters. The van der Waals surface area contributed by atoms with Gasteiger partial charge in [0.05, 0.1) is 12.7 Å². The summed E-state index contributed by atoms with van der Waals surface area (Å²) >= 11 is 0. The molecule has 0 saturated carbocycles. The van der Waals surface area contributed by atoms with Crippen LogP contribution in [0.5, 0.6) is 0 Å². The van der Waals surface area contributed by atoms with Crippen molar-refractivity contribution in [3.05, 3.63) is 41.5 Å². The van der Waals surface area contributed by atoms with Crippen molar-refractivity contribution < 1.29 is 22.7 Å². The van der Waals surface area contributed by atoms with E-state index in [1.54, 1.807) is 0 Å². The smallest absolute Gasteiger partial charge is 0.416 e. The van der Waals surface area contributed by atoms with Crippen molar-refractivity contribution in [1.82, 2.24) is 0 Å². The van der Waals surface area contributed by atoms with Crippen molar-refractivity contribution in [2.45, 2.75) is 12.2 Å². The first-order valence-corrected chi connectivity index (χ1v) is 5.03. The molecule has 98 valence electrons. The van der Waals surface area contributed by atoms with Crippen LogP contribution >= 0.6 is 0 Å². The van der Waals surface area contributed by atoms with E-state index in [0.717, 1.165) is 12.1 Å². The van der Waals surface area contributed by atoms with Gasteiger partial charge in [0.2, 0.25) is 0 Å². The van der Waals surface area contributed by atoms with Crippen LogP contribution in [0.3, 0.4) is 0 Å². The standard InChI is InChI=1S/C12H12F3NO2/c1-18-11(17)10(16)7-4-8-2-5-9(6-3-8)12(13,14)15/h2-7,10H,16H2,1H3/b7-4+/t10-/m0/s1. The Morgan fingerprint density at radius 2 is 1.89 bits per heavy atom. The lowest BCUT2D eigenvalue weighted by Crippen LogP contribution is -2.28. The molecule has 0 aliphatic heterocycles. The number of halogens is 3. The summed E-state index contributed by atoms with van der Waals surface area (Å²) in [6.45, 7) is 0. The van der Waals surface area contributed by atoms with Gasteiger partial charge in [0, 0.05) is 0 Å². The molecule has 0 heterocycles. The summed E-state index contributed by atoms with van der Waals surface area (Å²) in [7, 11) is 1.20. The van der Waals surface area contributed by atoms with Crippen molar-refractivity contribution >= 4 is 12.0 Å². The zero-order valence-electron chi connectivity index (χ0n) is 9.57. The molecule has 0 aliphatic rings. The zero-order valence-corrected chi connectivity index (χ0v) is 9.57. The molecule has 1 aromatic carbocycles. The topological polar surface area (TPSA) is 52.3 Å². The van der Waals surface area contributed by atoms with E-state index in [1.807, 2.05) is 0 Å². The fourth-order valence-electron chi connectivity index (χ4n) is 1.21. The molecule has 0 spiro atoms. The molecule has 0 unspecified atom stereocenters. The maximum atomic E-state index is 12.3. The summed E-state index contributed by atoms with van der Waals surface area (Å²) in [5.74, 6) is -0.613. The largest absolute Gasteiger partial charge is 0.468 e. The van der Waals surface area contributed by atoms with Gasteiger partial charge in [-0.1, -0.05) is 24.3 Å². The summed E-state index contributed by atoms with van der Waals surface area (Å²) in [6, 6.07) is 3.58. The highest BCUT2D eigenvalue weighted by Crippen LogP contribution is 2.29. The van der Waals surface area contributed by atoms with Gasteiger partial charge in [-0.25, -0.2) is 0 Å². The van der Waals surface area contributed by atoms with Crippen LogP contribution in [0.4, 0.5) is 13.2 Å². The molecule has 0 aliphatic carbocycles. The molecular formula is C12H12F3NO2. The Balaban J connectivity index is 2.75. The molecule has 0 saturated heterocycles. The number of esters is 1. The van der Waals surface area contributed by atoms with E-state index >= 15 is 0 Å². The Bertz CT molecular complexity index is 438. The van der Waals surface area contributed by atoms with Crippen LogP contribution in [0.1, 0.15) is 11.1 Å². The number of carbonyl (C=O) groups is 1. The second-order valence-corrected chi connectivity index (χ2v) is 3.53. The van der Waals surface area contributed by atoms with Crippen LogP contribution in [0.2, 0.25) is 0 Å². The van der Waals surface area contributed by atoms with E-state index in [4.69, 9.17) is 5.73 Å². The summed E-state index contributed by atoms with van der Waals surface area (Å²) in [6.07, 6.45) is -1.54. The SMILES string of the molecule is COC(=O)[C@@H](N)/C=C/c1ccc(C(F)(F)F)cc1. The predicted octanol–water partition coefficient (Wildman–Crippen LogP) is 2.22. The molecule has 18 heavy (non-hydrogen) atoms. The molecule has 0 fully saturated rings. The van der Waals surface area contributed by atoms with E-state index < -0.39 is 23.8 Å². The van der Waals surface area contributed by atoms with Gasteiger partial charge in [-0.15, -0.1) is 0 Å². The molecule has 0 radical (unpaired) electrons. The third-order valence-electron chi connectivity index (χ3n) is 2.21. The summed E-state index contributed by atoms with van der Waals surface area (Å²) in [4.78, 5) is 11.0. The molecule has 1 rings (SSSR count). The van der Waals surface area contributed by atoms with Crippen LogP contribution in [-0.2, 0) is 15.7 Å². The highest BCUT2D eigenvalue weighted by atomic mass is 19.4. The van der Waals surface area contributed by atoms with Crippen molar-refractivity contribution in [2.24, 2.45) is 5.73 Å². The molecule has 0 aromatic heterocycles. The number of rotatable bonds is 3. The highest BCUT2D eigenvalue weighted by molar-refractivity contribution is 5.79. The van der Waals surface area contributed by atoms with E-state index in [2.05, 4.69) is 4.74 Å². The van der Waals surface area contributed by atoms with Gasteiger partial charge in [-0.05, 0) is 17.7 Å². The number of hydrogen-bond acceptors (Lipinski definition) is 3. The first-order chi connectivity index (χ1) is 8.34. The number of alkyl halides is 3. The minimum atomic E-state index is -4.36. The fourth-order valence-corrected chi connectivity index (χ4v) is 1.21. The lowest BCUT2D eigenvalue weighted by molar-refractivity contribution is -0.141. The Morgan fingerprint density at radius 1 is 1.33 bits per heavy atom. The van der Waals surface area contributed by atoms with E-state index in [0.29, 0.717) is 5.56 Å². The van der Waals surface area contributed by atoms with Crippen molar-refractivity contribution in [1.29, 1.82) is 0 Å². The Kier molecular flexibility index (Phi) is 4.49. The molecule has 0 bridgehead atoms. The number of benzene rings is 1. The second kappa shape index (κ2) is 5.68.